The van der Waals surface area contributed by atoms with Crippen LogP contribution in [0.3, 0.4) is 0 Å². The third kappa shape index (κ3) is 3.09. The van der Waals surface area contributed by atoms with Gasteiger partial charge in [0.1, 0.15) is 11.6 Å². The molecule has 3 N–H and O–H groups in total. The van der Waals surface area contributed by atoms with Gasteiger partial charge in [-0.15, -0.1) is 12.4 Å². The maximum atomic E-state index is 13.1. The number of phenols is 1. The maximum absolute atomic E-state index is 13.1. The zero-order valence-electron chi connectivity index (χ0n) is 9.42. The van der Waals surface area contributed by atoms with Crippen LogP contribution in [0.15, 0.2) is 16.6 Å². The molecule has 0 unspecified atom stereocenters. The lowest BCUT2D eigenvalue weighted by molar-refractivity contribution is 0.316. The molecule has 0 saturated carbocycles. The van der Waals surface area contributed by atoms with E-state index in [1.54, 1.807) is 0 Å². The Morgan fingerprint density at radius 3 is 2.31 bits per heavy atom. The van der Waals surface area contributed by atoms with Gasteiger partial charge in [0, 0.05) is 11.6 Å². The second-order valence-corrected chi connectivity index (χ2v) is 5.44. The molecular weight excluding hydrogens is 296 g/mol. The standard InChI is InChI=1S/C11H15BrFNO.ClH/c1-11(2,3)10(14)6-4-5-7(13)8(12)9(6)15;/h4-5,10,15H,14H2,1-3H3;1H/t10-;/m1./s1. The van der Waals surface area contributed by atoms with Gasteiger partial charge >= 0.3 is 0 Å². The van der Waals surface area contributed by atoms with Crippen LogP contribution in [-0.4, -0.2) is 5.11 Å². The summed E-state index contributed by atoms with van der Waals surface area (Å²) in [5, 5.41) is 9.75. The Morgan fingerprint density at radius 2 is 1.88 bits per heavy atom. The zero-order chi connectivity index (χ0) is 11.8. The highest BCUT2D eigenvalue weighted by Gasteiger charge is 2.26. The van der Waals surface area contributed by atoms with Gasteiger partial charge in [0.2, 0.25) is 0 Å². The number of aromatic hydroxyl groups is 1. The van der Waals surface area contributed by atoms with E-state index in [0.717, 1.165) is 0 Å². The molecule has 0 aromatic heterocycles. The van der Waals surface area contributed by atoms with Crippen LogP contribution >= 0.6 is 28.3 Å². The summed E-state index contributed by atoms with van der Waals surface area (Å²) < 4.78 is 13.1. The highest BCUT2D eigenvalue weighted by Crippen LogP contribution is 2.39. The van der Waals surface area contributed by atoms with Gasteiger partial charge in [-0.1, -0.05) is 26.8 Å². The van der Waals surface area contributed by atoms with Crippen molar-refractivity contribution < 1.29 is 9.50 Å². The number of nitrogens with two attached hydrogens (primary N) is 1. The first-order chi connectivity index (χ1) is 6.75. The lowest BCUT2D eigenvalue weighted by atomic mass is 9.83. The number of hydrogen-bond acceptors (Lipinski definition) is 2. The van der Waals surface area contributed by atoms with Gasteiger partial charge in [0.15, 0.2) is 0 Å². The van der Waals surface area contributed by atoms with Gasteiger partial charge in [-0.2, -0.15) is 0 Å². The van der Waals surface area contributed by atoms with E-state index >= 15 is 0 Å². The molecule has 0 bridgehead atoms. The minimum Gasteiger partial charge on any atom is -0.506 e. The maximum Gasteiger partial charge on any atom is 0.141 e. The molecule has 1 rings (SSSR count). The topological polar surface area (TPSA) is 46.2 Å². The smallest absolute Gasteiger partial charge is 0.141 e. The van der Waals surface area contributed by atoms with E-state index in [2.05, 4.69) is 15.9 Å². The number of halogens is 3. The summed E-state index contributed by atoms with van der Waals surface area (Å²) >= 11 is 2.98. The van der Waals surface area contributed by atoms with Crippen LogP contribution in [0.25, 0.3) is 0 Å². The molecule has 0 radical (unpaired) electrons. The Balaban J connectivity index is 0.00000225. The molecule has 0 aliphatic heterocycles. The van der Waals surface area contributed by atoms with Crippen molar-refractivity contribution in [1.29, 1.82) is 0 Å². The predicted molar refractivity (Wildman–Crippen MR) is 69.4 cm³/mol. The first-order valence-corrected chi connectivity index (χ1v) is 5.47. The summed E-state index contributed by atoms with van der Waals surface area (Å²) in [6, 6.07) is 2.48. The van der Waals surface area contributed by atoms with Gasteiger partial charge in [-0.05, 0) is 27.4 Å². The number of phenolic OH excluding ortho intramolecular Hbond substituents is 1. The second-order valence-electron chi connectivity index (χ2n) is 4.64. The number of benzene rings is 1. The Labute approximate surface area is 110 Å². The van der Waals surface area contributed by atoms with Crippen LogP contribution in [-0.2, 0) is 0 Å². The largest absolute Gasteiger partial charge is 0.506 e. The molecule has 16 heavy (non-hydrogen) atoms. The monoisotopic (exact) mass is 311 g/mol. The summed E-state index contributed by atoms with van der Waals surface area (Å²) in [4.78, 5) is 0. The molecule has 0 amide bonds. The van der Waals surface area contributed by atoms with Crippen LogP contribution in [0.2, 0.25) is 0 Å². The van der Waals surface area contributed by atoms with Crippen LogP contribution in [0, 0.1) is 11.2 Å². The third-order valence-electron chi connectivity index (χ3n) is 2.37. The third-order valence-corrected chi connectivity index (χ3v) is 3.12. The molecule has 1 aromatic carbocycles. The lowest BCUT2D eigenvalue weighted by Gasteiger charge is -2.28. The minimum absolute atomic E-state index is 0. The Morgan fingerprint density at radius 1 is 1.38 bits per heavy atom. The first kappa shape index (κ1) is 15.7. The average Bonchev–Trinajstić information content (AvgIpc) is 2.12. The van der Waals surface area contributed by atoms with E-state index in [0.29, 0.717) is 5.56 Å². The molecule has 0 heterocycles. The molecule has 2 nitrogen and oxygen atoms in total. The van der Waals surface area contributed by atoms with E-state index in [1.807, 2.05) is 20.8 Å². The van der Waals surface area contributed by atoms with Crippen molar-refractivity contribution in [2.45, 2.75) is 26.8 Å². The van der Waals surface area contributed by atoms with Crippen molar-refractivity contribution in [3.8, 4) is 5.75 Å². The molecule has 0 aliphatic carbocycles. The first-order valence-electron chi connectivity index (χ1n) is 4.67. The second kappa shape index (κ2) is 5.34. The van der Waals surface area contributed by atoms with E-state index in [9.17, 15) is 9.50 Å². The fourth-order valence-corrected chi connectivity index (χ4v) is 1.63. The number of hydrogen-bond donors (Lipinski definition) is 2. The summed E-state index contributed by atoms with van der Waals surface area (Å²) in [6.45, 7) is 5.90. The normalized spacial score (nSPS) is 13.1. The minimum atomic E-state index is -0.489. The Bertz CT molecular complexity index is 379. The molecule has 5 heteroatoms. The molecular formula is C11H16BrClFNO. The van der Waals surface area contributed by atoms with Gasteiger partial charge in [-0.3, -0.25) is 0 Å². The number of rotatable bonds is 1. The van der Waals surface area contributed by atoms with Crippen molar-refractivity contribution in [2.75, 3.05) is 0 Å². The highest BCUT2D eigenvalue weighted by molar-refractivity contribution is 9.10. The molecule has 1 atom stereocenters. The molecule has 92 valence electrons. The molecule has 1 aromatic rings. The van der Waals surface area contributed by atoms with E-state index in [-0.39, 0.29) is 34.1 Å². The highest BCUT2D eigenvalue weighted by atomic mass is 79.9. The molecule has 0 aliphatic rings. The quantitative estimate of drug-likeness (QED) is 0.829. The van der Waals surface area contributed by atoms with E-state index in [4.69, 9.17) is 5.73 Å². The predicted octanol–water partition coefficient (Wildman–Crippen LogP) is 3.76. The van der Waals surface area contributed by atoms with Gasteiger partial charge in [0.05, 0.1) is 4.47 Å². The summed E-state index contributed by atoms with van der Waals surface area (Å²) in [7, 11) is 0. The van der Waals surface area contributed by atoms with Crippen molar-refractivity contribution in [3.63, 3.8) is 0 Å². The average molecular weight is 313 g/mol. The van der Waals surface area contributed by atoms with Crippen molar-refractivity contribution in [1.82, 2.24) is 0 Å². The van der Waals surface area contributed by atoms with Crippen LogP contribution in [0.4, 0.5) is 4.39 Å². The molecule has 0 spiro atoms. The van der Waals surface area contributed by atoms with Crippen molar-refractivity contribution in [2.24, 2.45) is 11.1 Å². The Kier molecular flexibility index (Phi) is 5.23. The summed E-state index contributed by atoms with van der Waals surface area (Å²) in [5.74, 6) is -0.602. The van der Waals surface area contributed by atoms with Crippen LogP contribution in [0.1, 0.15) is 32.4 Å². The van der Waals surface area contributed by atoms with Crippen molar-refractivity contribution in [3.05, 3.63) is 28.0 Å². The van der Waals surface area contributed by atoms with Gasteiger partial charge < -0.3 is 10.8 Å². The SMILES string of the molecule is CC(C)(C)[C@H](N)c1ccc(F)c(Br)c1O.Cl. The zero-order valence-corrected chi connectivity index (χ0v) is 11.8. The fraction of sp³-hybridized carbons (Fsp3) is 0.455. The van der Waals surface area contributed by atoms with E-state index < -0.39 is 5.82 Å². The lowest BCUT2D eigenvalue weighted by Crippen LogP contribution is -2.26. The van der Waals surface area contributed by atoms with E-state index in [1.165, 1.54) is 12.1 Å². The molecule has 0 fully saturated rings. The van der Waals surface area contributed by atoms with Crippen LogP contribution < -0.4 is 5.73 Å². The van der Waals surface area contributed by atoms with Crippen LogP contribution in [0.5, 0.6) is 5.75 Å². The van der Waals surface area contributed by atoms with Gasteiger partial charge in [0.25, 0.3) is 0 Å². The fourth-order valence-electron chi connectivity index (χ4n) is 1.27. The Hall–Kier alpha value is -0.320. The van der Waals surface area contributed by atoms with Crippen molar-refractivity contribution >= 4 is 28.3 Å². The summed E-state index contributed by atoms with van der Waals surface area (Å²) in [5.41, 5.74) is 6.35. The van der Waals surface area contributed by atoms with Gasteiger partial charge in [-0.25, -0.2) is 4.39 Å². The molecule has 0 saturated heterocycles. The summed E-state index contributed by atoms with van der Waals surface area (Å²) in [6.07, 6.45) is 0.